The molecule has 1 aromatic carbocycles. The molecule has 4 heterocycles. The molecule has 39 heavy (non-hydrogen) atoms. The number of amides is 1. The fourth-order valence-corrected chi connectivity index (χ4v) is 5.35. The van der Waals surface area contributed by atoms with E-state index in [2.05, 4.69) is 26.2 Å². The number of nitrogens with zero attached hydrogens (tertiary/aromatic N) is 7. The Balaban J connectivity index is 1.33. The van der Waals surface area contributed by atoms with Crippen molar-refractivity contribution in [1.82, 2.24) is 24.6 Å². The molecule has 0 bridgehead atoms. The Kier molecular flexibility index (Phi) is 6.77. The second kappa shape index (κ2) is 9.81. The lowest BCUT2D eigenvalue weighted by atomic mass is 9.52. The van der Waals surface area contributed by atoms with E-state index in [4.69, 9.17) is 28.3 Å². The Hall–Kier alpha value is -3.69. The number of halogens is 3. The minimum atomic E-state index is -4.60. The van der Waals surface area contributed by atoms with Crippen molar-refractivity contribution in [2.24, 2.45) is 11.8 Å². The summed E-state index contributed by atoms with van der Waals surface area (Å²) in [5, 5.41) is 15.6. The Bertz CT molecular complexity index is 1470. The van der Waals surface area contributed by atoms with Gasteiger partial charge in [0.1, 0.15) is 35.4 Å². The smallest absolute Gasteiger partial charge is 0.451 e. The first-order chi connectivity index (χ1) is 18.4. The third kappa shape index (κ3) is 5.29. The number of alkyl halides is 3. The molecule has 2 unspecified atom stereocenters. The first kappa shape index (κ1) is 26.9. The molecule has 0 aliphatic carbocycles. The standard InChI is InChI=1S/C24H21B3F3N7O2/c1-13-11-35(20-14(9-31)10-32-18-8-15(2-3-17(18)20)39-24(25,26)27)5-4-16(13)21(38)36-6-7-37-19(12-36)33-34-22(37)23(28,29)30/h2-3,8,10,13,16H,4-7,11-12H2,1H3. The van der Waals surface area contributed by atoms with Gasteiger partial charge in [-0.25, -0.2) is 0 Å². The van der Waals surface area contributed by atoms with Gasteiger partial charge in [0, 0.05) is 49.7 Å². The van der Waals surface area contributed by atoms with Gasteiger partial charge in [0.05, 0.1) is 23.3 Å². The largest absolute Gasteiger partial charge is 0.516 e. The molecule has 1 saturated heterocycles. The summed E-state index contributed by atoms with van der Waals surface area (Å²) in [6.45, 7) is 3.04. The predicted octanol–water partition coefficient (Wildman–Crippen LogP) is 1.72. The van der Waals surface area contributed by atoms with Crippen LogP contribution >= 0.6 is 0 Å². The zero-order valence-corrected chi connectivity index (χ0v) is 21.0. The molecule has 2 aliphatic heterocycles. The first-order valence-corrected chi connectivity index (χ1v) is 12.3. The number of fused-ring (bicyclic) bond motifs is 2. The number of anilines is 1. The number of ether oxygens (including phenoxy) is 1. The fourth-order valence-electron chi connectivity index (χ4n) is 5.35. The number of carbonyl (C=O) groups excluding carboxylic acids is 1. The van der Waals surface area contributed by atoms with Gasteiger partial charge >= 0.3 is 6.18 Å². The van der Waals surface area contributed by atoms with Crippen LogP contribution in [0.2, 0.25) is 0 Å². The van der Waals surface area contributed by atoms with E-state index < -0.39 is 17.3 Å². The Morgan fingerprint density at radius 2 is 1.95 bits per heavy atom. The van der Waals surface area contributed by atoms with Crippen molar-refractivity contribution < 1.29 is 22.7 Å². The maximum absolute atomic E-state index is 13.4. The zero-order valence-electron chi connectivity index (χ0n) is 21.0. The fraction of sp³-hybridized carbons (Fsp3) is 0.458. The number of hydrogen-bond donors (Lipinski definition) is 0. The number of hydrogen-bond acceptors (Lipinski definition) is 7. The number of carbonyl (C=O) groups is 1. The predicted molar refractivity (Wildman–Crippen MR) is 137 cm³/mol. The van der Waals surface area contributed by atoms with Gasteiger partial charge in [0.25, 0.3) is 0 Å². The van der Waals surface area contributed by atoms with Gasteiger partial charge in [0.2, 0.25) is 11.7 Å². The number of benzene rings is 1. The molecule has 2 aliphatic rings. The lowest BCUT2D eigenvalue weighted by Crippen LogP contribution is -2.49. The molecule has 0 N–H and O–H groups in total. The number of aromatic nitrogens is 4. The summed E-state index contributed by atoms with van der Waals surface area (Å²) >= 11 is 0. The highest BCUT2D eigenvalue weighted by molar-refractivity contribution is 6.58. The van der Waals surface area contributed by atoms with Gasteiger partial charge in [-0.3, -0.25) is 9.78 Å². The number of nitriles is 1. The summed E-state index contributed by atoms with van der Waals surface area (Å²) < 4.78 is 45.8. The van der Waals surface area contributed by atoms with Crippen molar-refractivity contribution in [2.45, 2.75) is 37.9 Å². The monoisotopic (exact) mass is 529 g/mol. The molecule has 2 atom stereocenters. The third-order valence-corrected chi connectivity index (χ3v) is 7.08. The molecule has 5 rings (SSSR count). The topological polar surface area (TPSA) is 100 Å². The molecule has 1 amide bonds. The van der Waals surface area contributed by atoms with Crippen molar-refractivity contribution >= 4 is 46.0 Å². The SMILES string of the molecule is [B]C([B])([B])Oc1ccc2c(N3CCC(C(=O)N4CCn5c(nnc5C(F)(F)F)C4)C(C)C3)c(C#N)cnc2c1. The van der Waals surface area contributed by atoms with Crippen LogP contribution in [0.5, 0.6) is 5.75 Å². The number of pyridine rings is 1. The van der Waals surface area contributed by atoms with Gasteiger partial charge in [-0.05, 0) is 29.8 Å². The number of rotatable bonds is 4. The lowest BCUT2D eigenvalue weighted by Gasteiger charge is -2.40. The number of piperidine rings is 1. The molecule has 3 aromatic rings. The normalized spacial score (nSPS) is 20.0. The minimum absolute atomic E-state index is 0.0179. The van der Waals surface area contributed by atoms with Crippen LogP contribution in [0, 0.1) is 23.2 Å². The molecule has 15 heteroatoms. The maximum Gasteiger partial charge on any atom is 0.451 e. The molecule has 9 nitrogen and oxygen atoms in total. The quantitative estimate of drug-likeness (QED) is 0.475. The molecule has 194 valence electrons. The van der Waals surface area contributed by atoms with Gasteiger partial charge in [-0.1, -0.05) is 6.92 Å². The van der Waals surface area contributed by atoms with Crippen LogP contribution in [-0.4, -0.2) is 79.0 Å². The van der Waals surface area contributed by atoms with Crippen molar-refractivity contribution in [3.8, 4) is 11.8 Å². The van der Waals surface area contributed by atoms with Gasteiger partial charge in [-0.2, -0.15) is 18.4 Å². The summed E-state index contributed by atoms with van der Waals surface area (Å²) in [6, 6.07) is 7.20. The van der Waals surface area contributed by atoms with Crippen LogP contribution in [0.4, 0.5) is 18.9 Å². The van der Waals surface area contributed by atoms with E-state index in [0.29, 0.717) is 47.4 Å². The van der Waals surface area contributed by atoms with Crippen LogP contribution in [0.1, 0.15) is 30.6 Å². The summed E-state index contributed by atoms with van der Waals surface area (Å²) in [5.74, 6) is -1.16. The van der Waals surface area contributed by atoms with Crippen molar-refractivity contribution in [3.05, 3.63) is 41.6 Å². The van der Waals surface area contributed by atoms with Gasteiger partial charge in [0.15, 0.2) is 5.82 Å². The molecule has 1 fully saturated rings. The molecule has 0 saturated carbocycles. The Morgan fingerprint density at radius 3 is 2.62 bits per heavy atom. The van der Waals surface area contributed by atoms with E-state index in [1.54, 1.807) is 23.1 Å². The lowest BCUT2D eigenvalue weighted by molar-refractivity contribution is -0.148. The summed E-state index contributed by atoms with van der Waals surface area (Å²) in [4.78, 5) is 21.4. The first-order valence-electron chi connectivity index (χ1n) is 12.3. The zero-order chi connectivity index (χ0) is 28.1. The van der Waals surface area contributed by atoms with E-state index in [1.807, 2.05) is 6.92 Å². The van der Waals surface area contributed by atoms with Gasteiger partial charge < -0.3 is 19.1 Å². The van der Waals surface area contributed by atoms with Crippen LogP contribution in [0.15, 0.2) is 24.4 Å². The van der Waals surface area contributed by atoms with Crippen LogP contribution in [0.25, 0.3) is 10.9 Å². The Labute approximate surface area is 226 Å². The van der Waals surface area contributed by atoms with E-state index in [-0.39, 0.29) is 43.2 Å². The average molecular weight is 529 g/mol. The molecule has 0 spiro atoms. The van der Waals surface area contributed by atoms with E-state index >= 15 is 0 Å². The Morgan fingerprint density at radius 1 is 1.18 bits per heavy atom. The molecule has 2 aromatic heterocycles. The third-order valence-electron chi connectivity index (χ3n) is 7.08. The second-order valence-corrected chi connectivity index (χ2v) is 9.93. The van der Waals surface area contributed by atoms with Crippen LogP contribution in [0.3, 0.4) is 0 Å². The summed E-state index contributed by atoms with van der Waals surface area (Å²) in [6.07, 6.45) is -2.62. The molecular weight excluding hydrogens is 508 g/mol. The minimum Gasteiger partial charge on any atom is -0.516 e. The van der Waals surface area contributed by atoms with Crippen molar-refractivity contribution in [3.63, 3.8) is 0 Å². The molecule has 6 radical (unpaired) electrons. The summed E-state index contributed by atoms with van der Waals surface area (Å²) in [5.41, 5.74) is 1.62. The highest BCUT2D eigenvalue weighted by Gasteiger charge is 2.41. The van der Waals surface area contributed by atoms with E-state index in [1.165, 1.54) is 6.20 Å². The van der Waals surface area contributed by atoms with Crippen LogP contribution < -0.4 is 9.64 Å². The van der Waals surface area contributed by atoms with Crippen LogP contribution in [-0.2, 0) is 24.1 Å². The highest BCUT2D eigenvalue weighted by Crippen LogP contribution is 2.37. The van der Waals surface area contributed by atoms with E-state index in [9.17, 15) is 23.2 Å². The van der Waals surface area contributed by atoms with Crippen molar-refractivity contribution in [2.75, 3.05) is 24.5 Å². The average Bonchev–Trinajstić information content (AvgIpc) is 3.30. The second-order valence-electron chi connectivity index (χ2n) is 9.93. The molecular formula is C24H21B3F3N7O2. The van der Waals surface area contributed by atoms with E-state index in [0.717, 1.165) is 4.57 Å². The highest BCUT2D eigenvalue weighted by atomic mass is 19.4. The summed E-state index contributed by atoms with van der Waals surface area (Å²) in [7, 11) is 16.6. The van der Waals surface area contributed by atoms with Gasteiger partial charge in [-0.15, -0.1) is 10.2 Å². The maximum atomic E-state index is 13.4. The van der Waals surface area contributed by atoms with Crippen molar-refractivity contribution in [1.29, 1.82) is 5.26 Å².